The molecule has 1 aliphatic carbocycles. The molecule has 47 heavy (non-hydrogen) atoms. The van der Waals surface area contributed by atoms with Gasteiger partial charge in [-0.1, -0.05) is 0 Å². The maximum absolute atomic E-state index is 13.5. The van der Waals surface area contributed by atoms with Gasteiger partial charge in [0, 0.05) is 25.2 Å². The number of ether oxygens (including phenoxy) is 2. The molecule has 0 aromatic heterocycles. The number of rotatable bonds is 10. The molecule has 1 saturated heterocycles. The lowest BCUT2D eigenvalue weighted by atomic mass is 9.80. The molecule has 2 aliphatic rings. The highest BCUT2D eigenvalue weighted by Gasteiger charge is 2.44. The molecule has 1 aliphatic heterocycles. The van der Waals surface area contributed by atoms with Crippen molar-refractivity contribution in [2.75, 3.05) is 18.0 Å². The minimum Gasteiger partial charge on any atom is -0.481 e. The topological polar surface area (TPSA) is 79.3 Å². The number of aliphatic carboxylic acids is 1. The summed E-state index contributed by atoms with van der Waals surface area (Å²) in [5, 5.41) is 9.10. The van der Waals surface area contributed by atoms with E-state index in [1.807, 2.05) is 11.8 Å². The molecular weight excluding hydrogens is 651 g/mol. The summed E-state index contributed by atoms with van der Waals surface area (Å²) in [4.78, 5) is 27.0. The SMILES string of the molecule is CCN(CC1CCC(CC(=O)O)CC1)c1ccc(OC(F)(F)F)cc1CN1C(=O)O[C@H](c2cc(C(F)(F)F)cc(C(F)(F)F)c2)[C@@H]1C. The molecule has 4 rings (SSSR count). The van der Waals surface area contributed by atoms with Gasteiger partial charge < -0.3 is 19.5 Å². The Morgan fingerprint density at radius 3 is 2.02 bits per heavy atom. The number of carbonyl (C=O) groups is 2. The minimum absolute atomic E-state index is 0.0426. The number of hydrogen-bond donors (Lipinski definition) is 1. The van der Waals surface area contributed by atoms with Crippen molar-refractivity contribution in [2.24, 2.45) is 11.8 Å². The Morgan fingerprint density at radius 2 is 1.51 bits per heavy atom. The molecule has 2 aromatic carbocycles. The third kappa shape index (κ3) is 9.15. The first-order chi connectivity index (χ1) is 21.7. The molecule has 16 heteroatoms. The van der Waals surface area contributed by atoms with Gasteiger partial charge in [0.15, 0.2) is 0 Å². The first kappa shape index (κ1) is 36.0. The molecule has 1 heterocycles. The van der Waals surface area contributed by atoms with Crippen LogP contribution in [-0.4, -0.2) is 47.6 Å². The van der Waals surface area contributed by atoms with Crippen molar-refractivity contribution in [1.29, 1.82) is 0 Å². The molecule has 0 unspecified atom stereocenters. The van der Waals surface area contributed by atoms with Crippen LogP contribution in [0.3, 0.4) is 0 Å². The van der Waals surface area contributed by atoms with Gasteiger partial charge in [0.25, 0.3) is 0 Å². The van der Waals surface area contributed by atoms with Gasteiger partial charge in [0.2, 0.25) is 0 Å². The molecule has 1 N–H and O–H groups in total. The summed E-state index contributed by atoms with van der Waals surface area (Å²) in [7, 11) is 0. The van der Waals surface area contributed by atoms with E-state index in [4.69, 9.17) is 9.84 Å². The number of carboxylic acids is 1. The highest BCUT2D eigenvalue weighted by atomic mass is 19.4. The Labute approximate surface area is 264 Å². The maximum Gasteiger partial charge on any atom is 0.573 e. The van der Waals surface area contributed by atoms with E-state index in [-0.39, 0.29) is 29.9 Å². The van der Waals surface area contributed by atoms with Gasteiger partial charge in [-0.25, -0.2) is 4.79 Å². The second-order valence-electron chi connectivity index (χ2n) is 11.9. The average molecular weight is 685 g/mol. The standard InChI is InChI=1S/C31H33F9N2O5/c1-3-41(15-19-6-4-18(5-7-19)10-26(43)44)25-9-8-24(47-31(38,39)40)13-21(25)16-42-17(2)27(46-28(42)45)20-11-22(29(32,33)34)14-23(12-20)30(35,36)37/h8-9,11-14,17-19,27H,3-7,10,15-16H2,1-2H3,(H,43,44)/t17-,18?,19?,27-/m0/s1. The fourth-order valence-electron chi connectivity index (χ4n) is 6.26. The molecule has 2 aromatic rings. The highest BCUT2D eigenvalue weighted by molar-refractivity contribution is 5.72. The average Bonchev–Trinajstić information content (AvgIpc) is 3.23. The van der Waals surface area contributed by atoms with Crippen LogP contribution >= 0.6 is 0 Å². The molecule has 2 fully saturated rings. The molecule has 7 nitrogen and oxygen atoms in total. The van der Waals surface area contributed by atoms with Crippen LogP contribution in [0.4, 0.5) is 50.0 Å². The van der Waals surface area contributed by atoms with Crippen molar-refractivity contribution >= 4 is 17.7 Å². The first-order valence-corrected chi connectivity index (χ1v) is 14.9. The van der Waals surface area contributed by atoms with Gasteiger partial charge in [0.05, 0.1) is 23.7 Å². The van der Waals surface area contributed by atoms with E-state index in [0.29, 0.717) is 43.8 Å². The number of carbonyl (C=O) groups excluding carboxylic acids is 1. The summed E-state index contributed by atoms with van der Waals surface area (Å²) in [5.74, 6) is -1.28. The van der Waals surface area contributed by atoms with Crippen molar-refractivity contribution in [3.05, 3.63) is 58.7 Å². The zero-order chi connectivity index (χ0) is 34.9. The zero-order valence-corrected chi connectivity index (χ0v) is 25.3. The van der Waals surface area contributed by atoms with Gasteiger partial charge in [-0.05, 0) is 98.9 Å². The lowest BCUT2D eigenvalue weighted by Gasteiger charge is -2.34. The van der Waals surface area contributed by atoms with Gasteiger partial charge in [-0.3, -0.25) is 9.69 Å². The van der Waals surface area contributed by atoms with Gasteiger partial charge in [-0.15, -0.1) is 13.2 Å². The fourth-order valence-corrected chi connectivity index (χ4v) is 6.26. The number of halogens is 9. The summed E-state index contributed by atoms with van der Waals surface area (Å²) < 4.78 is 130. The summed E-state index contributed by atoms with van der Waals surface area (Å²) in [5.41, 5.74) is -3.09. The van der Waals surface area contributed by atoms with Crippen molar-refractivity contribution in [3.63, 3.8) is 0 Å². The highest BCUT2D eigenvalue weighted by Crippen LogP contribution is 2.42. The van der Waals surface area contributed by atoms with Gasteiger partial charge in [-0.2, -0.15) is 26.3 Å². The summed E-state index contributed by atoms with van der Waals surface area (Å²) in [6.07, 6.45) is -15.0. The smallest absolute Gasteiger partial charge is 0.481 e. The monoisotopic (exact) mass is 684 g/mol. The second-order valence-corrected chi connectivity index (χ2v) is 11.9. The van der Waals surface area contributed by atoms with E-state index in [9.17, 15) is 49.1 Å². The number of amides is 1. The predicted molar refractivity (Wildman–Crippen MR) is 149 cm³/mol. The Hall–Kier alpha value is -3.85. The predicted octanol–water partition coefficient (Wildman–Crippen LogP) is 8.81. The van der Waals surface area contributed by atoms with Crippen LogP contribution in [0.15, 0.2) is 36.4 Å². The normalized spacial score (nSPS) is 22.3. The lowest BCUT2D eigenvalue weighted by molar-refractivity contribution is -0.274. The van der Waals surface area contributed by atoms with Crippen molar-refractivity contribution in [3.8, 4) is 5.75 Å². The van der Waals surface area contributed by atoms with E-state index < -0.39 is 71.9 Å². The van der Waals surface area contributed by atoms with Crippen LogP contribution in [0.5, 0.6) is 5.75 Å². The van der Waals surface area contributed by atoms with E-state index in [1.54, 1.807) is 0 Å². The molecular formula is C31H33F9N2O5. The lowest BCUT2D eigenvalue weighted by Crippen LogP contribution is -2.35. The van der Waals surface area contributed by atoms with Crippen molar-refractivity contribution in [2.45, 2.75) is 83.4 Å². The van der Waals surface area contributed by atoms with Crippen LogP contribution < -0.4 is 9.64 Å². The molecule has 0 spiro atoms. The Bertz CT molecular complexity index is 1400. The van der Waals surface area contributed by atoms with Crippen LogP contribution in [0.25, 0.3) is 0 Å². The molecule has 0 bridgehead atoms. The number of anilines is 1. The number of benzene rings is 2. The van der Waals surface area contributed by atoms with Gasteiger partial charge >= 0.3 is 30.8 Å². The quantitative estimate of drug-likeness (QED) is 0.252. The number of nitrogens with zero attached hydrogens (tertiary/aromatic N) is 2. The fraction of sp³-hybridized carbons (Fsp3) is 0.548. The number of alkyl halides is 9. The van der Waals surface area contributed by atoms with E-state index >= 15 is 0 Å². The molecule has 1 amide bonds. The van der Waals surface area contributed by atoms with E-state index in [2.05, 4.69) is 4.74 Å². The molecule has 0 radical (unpaired) electrons. The Kier molecular flexibility index (Phi) is 10.5. The Balaban J connectivity index is 1.63. The first-order valence-electron chi connectivity index (χ1n) is 14.9. The van der Waals surface area contributed by atoms with Crippen LogP contribution in [0.1, 0.15) is 74.3 Å². The number of carboxylic acid groups (broad SMARTS) is 1. The van der Waals surface area contributed by atoms with Crippen LogP contribution in [0.2, 0.25) is 0 Å². The van der Waals surface area contributed by atoms with Crippen molar-refractivity contribution in [1.82, 2.24) is 4.90 Å². The number of cyclic esters (lactones) is 1. The third-order valence-electron chi connectivity index (χ3n) is 8.59. The summed E-state index contributed by atoms with van der Waals surface area (Å²) >= 11 is 0. The van der Waals surface area contributed by atoms with E-state index in [1.165, 1.54) is 13.0 Å². The minimum atomic E-state index is -5.13. The van der Waals surface area contributed by atoms with Crippen LogP contribution in [-0.2, 0) is 28.4 Å². The third-order valence-corrected chi connectivity index (χ3v) is 8.59. The largest absolute Gasteiger partial charge is 0.573 e. The summed E-state index contributed by atoms with van der Waals surface area (Å²) in [6.45, 7) is 3.64. The maximum atomic E-state index is 13.5. The number of hydrogen-bond acceptors (Lipinski definition) is 5. The Morgan fingerprint density at radius 1 is 0.936 bits per heavy atom. The molecule has 260 valence electrons. The zero-order valence-electron chi connectivity index (χ0n) is 25.3. The van der Waals surface area contributed by atoms with Gasteiger partial charge in [0.1, 0.15) is 11.9 Å². The van der Waals surface area contributed by atoms with Crippen molar-refractivity contribution < 1.29 is 63.7 Å². The molecule has 1 saturated carbocycles. The summed E-state index contributed by atoms with van der Waals surface area (Å²) in [6, 6.07) is 3.36. The second kappa shape index (κ2) is 13.7. The molecule has 2 atom stereocenters. The van der Waals surface area contributed by atoms with E-state index in [0.717, 1.165) is 29.9 Å². The van der Waals surface area contributed by atoms with Crippen LogP contribution in [0, 0.1) is 11.8 Å².